The van der Waals surface area contributed by atoms with Gasteiger partial charge in [-0.3, -0.25) is 14.4 Å². The van der Waals surface area contributed by atoms with Crippen LogP contribution in [0.2, 0.25) is 0 Å². The van der Waals surface area contributed by atoms with E-state index in [4.69, 9.17) is 4.84 Å². The molecule has 2 aromatic carbocycles. The van der Waals surface area contributed by atoms with Crippen LogP contribution in [0.5, 0.6) is 0 Å². The third-order valence-corrected chi connectivity index (χ3v) is 4.59. The van der Waals surface area contributed by atoms with Gasteiger partial charge in [-0.2, -0.15) is 0 Å². The van der Waals surface area contributed by atoms with Crippen molar-refractivity contribution in [2.75, 3.05) is 5.32 Å². The number of hydroxylamine groups is 2. The maximum atomic E-state index is 12.2. The Morgan fingerprint density at radius 3 is 2.44 bits per heavy atom. The molecule has 2 aromatic rings. The number of nitrogens with one attached hydrogen (secondary N) is 1. The molecule has 3 amide bonds. The zero-order chi connectivity index (χ0) is 19.0. The summed E-state index contributed by atoms with van der Waals surface area (Å²) in [6, 6.07) is 12.0. The number of aryl methyl sites for hydroxylation is 1. The molecule has 0 aliphatic carbocycles. The van der Waals surface area contributed by atoms with Gasteiger partial charge in [-0.15, -0.1) is 0 Å². The molecule has 0 aromatic heterocycles. The number of fused-ring (bicyclic) bond motifs is 2. The number of carbonyl (C=O) groups is 4. The Kier molecular flexibility index (Phi) is 4.19. The molecule has 0 fully saturated rings. The third kappa shape index (κ3) is 3.19. The summed E-state index contributed by atoms with van der Waals surface area (Å²) in [5.41, 5.74) is 3.26. The maximum Gasteiger partial charge on any atom is 0.333 e. The molecule has 0 saturated heterocycles. The van der Waals surface area contributed by atoms with E-state index in [1.54, 1.807) is 12.1 Å². The number of hydrogen-bond donors (Lipinski definition) is 1. The van der Waals surface area contributed by atoms with Crippen molar-refractivity contribution in [3.05, 3.63) is 64.7 Å². The zero-order valence-electron chi connectivity index (χ0n) is 14.4. The lowest BCUT2D eigenvalue weighted by atomic mass is 10.0. The fraction of sp³-hybridized carbons (Fsp3) is 0.200. The molecule has 2 aliphatic rings. The topological polar surface area (TPSA) is 92.8 Å². The summed E-state index contributed by atoms with van der Waals surface area (Å²) in [6.07, 6.45) is 1.56. The van der Waals surface area contributed by atoms with Crippen LogP contribution in [-0.4, -0.2) is 28.8 Å². The van der Waals surface area contributed by atoms with Crippen LogP contribution in [0, 0.1) is 0 Å². The highest BCUT2D eigenvalue weighted by Gasteiger charge is 2.38. The number of rotatable bonds is 5. The standard InChI is InChI=1S/C20H16N2O5/c23-17-11-13-10-12(8-9-16(13)21-17)4-3-7-18(24)27-22-19(25)14-5-1-2-6-15(14)20(22)26/h1-2,5-6,8-10H,3-4,7,11H2,(H,21,23). The summed E-state index contributed by atoms with van der Waals surface area (Å²) in [5.74, 6) is -1.91. The minimum Gasteiger partial charge on any atom is -0.330 e. The fourth-order valence-corrected chi connectivity index (χ4v) is 3.27. The lowest BCUT2D eigenvalue weighted by Gasteiger charge is -2.12. The summed E-state index contributed by atoms with van der Waals surface area (Å²) < 4.78 is 0. The van der Waals surface area contributed by atoms with E-state index in [1.165, 1.54) is 12.1 Å². The summed E-state index contributed by atoms with van der Waals surface area (Å²) in [7, 11) is 0. The predicted molar refractivity (Wildman–Crippen MR) is 94.7 cm³/mol. The summed E-state index contributed by atoms with van der Waals surface area (Å²) in [4.78, 5) is 52.7. The highest BCUT2D eigenvalue weighted by Crippen LogP contribution is 2.25. The first-order valence-corrected chi connectivity index (χ1v) is 8.63. The molecule has 4 rings (SSSR count). The van der Waals surface area contributed by atoms with Crippen molar-refractivity contribution in [3.63, 3.8) is 0 Å². The van der Waals surface area contributed by atoms with Crippen LogP contribution < -0.4 is 5.32 Å². The molecule has 27 heavy (non-hydrogen) atoms. The number of nitrogens with zero attached hydrogens (tertiary/aromatic N) is 1. The first-order chi connectivity index (χ1) is 13.0. The van der Waals surface area contributed by atoms with E-state index >= 15 is 0 Å². The van der Waals surface area contributed by atoms with Crippen LogP contribution in [0.3, 0.4) is 0 Å². The first kappa shape index (κ1) is 17.0. The predicted octanol–water partition coefficient (Wildman–Crippen LogP) is 2.26. The smallest absolute Gasteiger partial charge is 0.330 e. The minimum atomic E-state index is -0.637. The number of carbonyl (C=O) groups excluding carboxylic acids is 4. The van der Waals surface area contributed by atoms with Crippen molar-refractivity contribution in [1.82, 2.24) is 5.06 Å². The van der Waals surface area contributed by atoms with Crippen molar-refractivity contribution in [3.8, 4) is 0 Å². The molecule has 7 heteroatoms. The second kappa shape index (κ2) is 6.68. The average Bonchev–Trinajstić information content (AvgIpc) is 3.14. The number of benzene rings is 2. The van der Waals surface area contributed by atoms with Crippen molar-refractivity contribution in [2.24, 2.45) is 0 Å². The fourth-order valence-electron chi connectivity index (χ4n) is 3.27. The Morgan fingerprint density at radius 1 is 1.04 bits per heavy atom. The van der Waals surface area contributed by atoms with Crippen molar-refractivity contribution in [1.29, 1.82) is 0 Å². The van der Waals surface area contributed by atoms with Crippen LogP contribution in [0.1, 0.15) is 44.7 Å². The monoisotopic (exact) mass is 364 g/mol. The normalized spacial score (nSPS) is 14.8. The molecular weight excluding hydrogens is 348 g/mol. The lowest BCUT2D eigenvalue weighted by molar-refractivity contribution is -0.168. The largest absolute Gasteiger partial charge is 0.333 e. The van der Waals surface area contributed by atoms with Gasteiger partial charge in [0.25, 0.3) is 11.8 Å². The molecule has 136 valence electrons. The number of hydrogen-bond acceptors (Lipinski definition) is 5. The van der Waals surface area contributed by atoms with E-state index in [9.17, 15) is 19.2 Å². The SMILES string of the molecule is O=C1Cc2cc(CCCC(=O)ON3C(=O)c4ccccc4C3=O)ccc2N1. The second-order valence-corrected chi connectivity index (χ2v) is 6.48. The van der Waals surface area contributed by atoms with Gasteiger partial charge in [0.2, 0.25) is 5.91 Å². The van der Waals surface area contributed by atoms with Crippen LogP contribution in [0.25, 0.3) is 0 Å². The summed E-state index contributed by atoms with van der Waals surface area (Å²) in [6.45, 7) is 0. The van der Waals surface area contributed by atoms with Crippen LogP contribution >= 0.6 is 0 Å². The van der Waals surface area contributed by atoms with E-state index in [-0.39, 0.29) is 23.5 Å². The van der Waals surface area contributed by atoms with Crippen molar-refractivity contribution >= 4 is 29.4 Å². The van der Waals surface area contributed by atoms with Crippen molar-refractivity contribution < 1.29 is 24.0 Å². The highest BCUT2D eigenvalue weighted by atomic mass is 16.7. The lowest BCUT2D eigenvalue weighted by Crippen LogP contribution is -2.32. The van der Waals surface area contributed by atoms with Crippen molar-refractivity contribution in [2.45, 2.75) is 25.7 Å². The first-order valence-electron chi connectivity index (χ1n) is 8.63. The Bertz CT molecular complexity index is 947. The Morgan fingerprint density at radius 2 is 1.74 bits per heavy atom. The van der Waals surface area contributed by atoms with Gasteiger partial charge in [0.1, 0.15) is 0 Å². The third-order valence-electron chi connectivity index (χ3n) is 4.59. The molecule has 0 saturated carbocycles. The van der Waals surface area contributed by atoms with Crippen LogP contribution in [0.4, 0.5) is 5.69 Å². The maximum absolute atomic E-state index is 12.2. The Balaban J connectivity index is 1.31. The Labute approximate surface area is 154 Å². The minimum absolute atomic E-state index is 0.0216. The zero-order valence-corrected chi connectivity index (χ0v) is 14.4. The number of amides is 3. The molecule has 0 bridgehead atoms. The average molecular weight is 364 g/mol. The van der Waals surface area contributed by atoms with E-state index in [0.29, 0.717) is 24.3 Å². The molecule has 2 aliphatic heterocycles. The van der Waals surface area contributed by atoms with E-state index in [2.05, 4.69) is 5.32 Å². The summed E-state index contributed by atoms with van der Waals surface area (Å²) >= 11 is 0. The molecule has 0 unspecified atom stereocenters. The molecule has 1 N–H and O–H groups in total. The molecular formula is C20H16N2O5. The van der Waals surface area contributed by atoms with Gasteiger partial charge in [-0.1, -0.05) is 29.3 Å². The van der Waals surface area contributed by atoms with Gasteiger partial charge in [0, 0.05) is 12.1 Å². The van der Waals surface area contributed by atoms with Gasteiger partial charge in [-0.05, 0) is 42.2 Å². The van der Waals surface area contributed by atoms with Gasteiger partial charge in [-0.25, -0.2) is 4.79 Å². The highest BCUT2D eigenvalue weighted by molar-refractivity contribution is 6.20. The van der Waals surface area contributed by atoms with Gasteiger partial charge < -0.3 is 10.2 Å². The van der Waals surface area contributed by atoms with E-state index in [0.717, 1.165) is 16.8 Å². The number of imide groups is 1. The quantitative estimate of drug-likeness (QED) is 0.822. The van der Waals surface area contributed by atoms with Gasteiger partial charge in [0.05, 0.1) is 17.5 Å². The van der Waals surface area contributed by atoms with E-state index < -0.39 is 17.8 Å². The number of anilines is 1. The molecule has 0 spiro atoms. The second-order valence-electron chi connectivity index (χ2n) is 6.48. The van der Waals surface area contributed by atoms with Crippen LogP contribution in [-0.2, 0) is 27.3 Å². The molecule has 2 heterocycles. The van der Waals surface area contributed by atoms with Gasteiger partial charge in [0.15, 0.2) is 0 Å². The summed E-state index contributed by atoms with van der Waals surface area (Å²) in [5, 5.41) is 3.30. The van der Waals surface area contributed by atoms with Gasteiger partial charge >= 0.3 is 5.97 Å². The van der Waals surface area contributed by atoms with Crippen LogP contribution in [0.15, 0.2) is 42.5 Å². The van der Waals surface area contributed by atoms with E-state index in [1.807, 2.05) is 18.2 Å². The molecule has 7 nitrogen and oxygen atoms in total. The Hall–Kier alpha value is -3.48. The molecule has 0 atom stereocenters. The molecule has 0 radical (unpaired) electrons.